The number of hydrogen-bond donors (Lipinski definition) is 1. The summed E-state index contributed by atoms with van der Waals surface area (Å²) in [4.78, 5) is 38.7. The van der Waals surface area contributed by atoms with E-state index >= 15 is 0 Å². The van der Waals surface area contributed by atoms with Crippen molar-refractivity contribution in [3.8, 4) is 5.75 Å². The van der Waals surface area contributed by atoms with Gasteiger partial charge in [-0.2, -0.15) is 0 Å². The average Bonchev–Trinajstić information content (AvgIpc) is 2.60. The minimum absolute atomic E-state index is 0.0837. The van der Waals surface area contributed by atoms with Crippen LogP contribution in [0.2, 0.25) is 0 Å². The molecule has 2 aromatic rings. The standard InChI is InChI=1S/C21H19BrN2O4/c1-12(2)28-18-8-7-15(22)10-14(18)11-17-19(25)23-21(27)24(20(17)26)16-6-4-5-13(3)9-16/h4-12H,1-3H3,(H,23,25,27)/b17-11+. The van der Waals surface area contributed by atoms with Crippen molar-refractivity contribution in [2.24, 2.45) is 0 Å². The number of nitrogens with zero attached hydrogens (tertiary/aromatic N) is 1. The Bertz CT molecular complexity index is 998. The predicted octanol–water partition coefficient (Wildman–Crippen LogP) is 4.21. The monoisotopic (exact) mass is 442 g/mol. The highest BCUT2D eigenvalue weighted by atomic mass is 79.9. The lowest BCUT2D eigenvalue weighted by atomic mass is 10.1. The Labute approximate surface area is 171 Å². The van der Waals surface area contributed by atoms with Gasteiger partial charge in [0.05, 0.1) is 11.8 Å². The van der Waals surface area contributed by atoms with E-state index in [4.69, 9.17) is 4.74 Å². The lowest BCUT2D eigenvalue weighted by Gasteiger charge is -2.26. The molecular formula is C21H19BrN2O4. The molecule has 1 aliphatic heterocycles. The molecule has 144 valence electrons. The molecule has 6 nitrogen and oxygen atoms in total. The van der Waals surface area contributed by atoms with Gasteiger partial charge in [0.2, 0.25) is 0 Å². The molecule has 0 bridgehead atoms. The van der Waals surface area contributed by atoms with E-state index < -0.39 is 17.8 Å². The summed E-state index contributed by atoms with van der Waals surface area (Å²) < 4.78 is 6.54. The first kappa shape index (κ1) is 19.8. The summed E-state index contributed by atoms with van der Waals surface area (Å²) in [5, 5.41) is 2.23. The molecule has 0 aliphatic carbocycles. The van der Waals surface area contributed by atoms with E-state index in [1.165, 1.54) is 6.08 Å². The largest absolute Gasteiger partial charge is 0.490 e. The van der Waals surface area contributed by atoms with Crippen LogP contribution >= 0.6 is 15.9 Å². The lowest BCUT2D eigenvalue weighted by molar-refractivity contribution is -0.122. The van der Waals surface area contributed by atoms with Gasteiger partial charge in [-0.25, -0.2) is 9.69 Å². The number of nitrogens with one attached hydrogen (secondary N) is 1. The molecule has 1 heterocycles. The Hall–Kier alpha value is -2.93. The topological polar surface area (TPSA) is 75.7 Å². The van der Waals surface area contributed by atoms with Crippen molar-refractivity contribution in [3.05, 3.63) is 63.6 Å². The van der Waals surface area contributed by atoms with Gasteiger partial charge in [-0.3, -0.25) is 14.9 Å². The molecule has 28 heavy (non-hydrogen) atoms. The molecular weight excluding hydrogens is 424 g/mol. The molecule has 0 aromatic heterocycles. The van der Waals surface area contributed by atoms with Gasteiger partial charge in [-0.1, -0.05) is 28.1 Å². The second kappa shape index (κ2) is 7.98. The molecule has 1 saturated heterocycles. The first-order valence-corrected chi connectivity index (χ1v) is 9.50. The summed E-state index contributed by atoms with van der Waals surface area (Å²) >= 11 is 3.39. The fourth-order valence-electron chi connectivity index (χ4n) is 2.81. The zero-order chi connectivity index (χ0) is 20.4. The number of imide groups is 2. The highest BCUT2D eigenvalue weighted by molar-refractivity contribution is 9.10. The third-order valence-electron chi connectivity index (χ3n) is 4.00. The van der Waals surface area contributed by atoms with Crippen molar-refractivity contribution in [1.29, 1.82) is 0 Å². The second-order valence-electron chi connectivity index (χ2n) is 6.65. The summed E-state index contributed by atoms with van der Waals surface area (Å²) in [5.41, 5.74) is 1.70. The molecule has 3 rings (SSSR count). The van der Waals surface area contributed by atoms with Crippen LogP contribution in [0, 0.1) is 6.92 Å². The summed E-state index contributed by atoms with van der Waals surface area (Å²) in [7, 11) is 0. The van der Waals surface area contributed by atoms with Crippen molar-refractivity contribution in [3.63, 3.8) is 0 Å². The Morgan fingerprint density at radius 2 is 1.86 bits per heavy atom. The van der Waals surface area contributed by atoms with Crippen molar-refractivity contribution in [2.75, 3.05) is 4.90 Å². The van der Waals surface area contributed by atoms with Crippen molar-refractivity contribution in [1.82, 2.24) is 5.32 Å². The highest BCUT2D eigenvalue weighted by Crippen LogP contribution is 2.28. The fraction of sp³-hybridized carbons (Fsp3) is 0.190. The maximum atomic E-state index is 13.0. The highest BCUT2D eigenvalue weighted by Gasteiger charge is 2.37. The van der Waals surface area contributed by atoms with Crippen LogP contribution in [0.3, 0.4) is 0 Å². The number of benzene rings is 2. The van der Waals surface area contributed by atoms with E-state index in [0.717, 1.165) is 14.9 Å². The molecule has 0 unspecified atom stereocenters. The number of rotatable bonds is 4. The molecule has 0 radical (unpaired) electrons. The zero-order valence-corrected chi connectivity index (χ0v) is 17.2. The van der Waals surface area contributed by atoms with Crippen LogP contribution in [-0.2, 0) is 9.59 Å². The molecule has 0 spiro atoms. The molecule has 1 N–H and O–H groups in total. The Morgan fingerprint density at radius 3 is 2.54 bits per heavy atom. The summed E-state index contributed by atoms with van der Waals surface area (Å²) in [6, 6.07) is 11.5. The number of urea groups is 1. The number of barbiturate groups is 1. The first-order valence-electron chi connectivity index (χ1n) is 8.70. The average molecular weight is 443 g/mol. The van der Waals surface area contributed by atoms with Gasteiger partial charge in [-0.15, -0.1) is 0 Å². The quantitative estimate of drug-likeness (QED) is 0.568. The van der Waals surface area contributed by atoms with Gasteiger partial charge in [0.1, 0.15) is 11.3 Å². The third kappa shape index (κ3) is 4.14. The molecule has 1 aliphatic rings. The predicted molar refractivity (Wildman–Crippen MR) is 110 cm³/mol. The third-order valence-corrected chi connectivity index (χ3v) is 4.49. The van der Waals surface area contributed by atoms with Crippen LogP contribution in [0.1, 0.15) is 25.0 Å². The van der Waals surface area contributed by atoms with E-state index in [9.17, 15) is 14.4 Å². The van der Waals surface area contributed by atoms with Gasteiger partial charge in [-0.05, 0) is 62.7 Å². The van der Waals surface area contributed by atoms with Gasteiger partial charge < -0.3 is 4.74 Å². The van der Waals surface area contributed by atoms with Gasteiger partial charge in [0.15, 0.2) is 0 Å². The maximum Gasteiger partial charge on any atom is 0.335 e. The SMILES string of the molecule is Cc1cccc(N2C(=O)NC(=O)/C(=C\c3cc(Br)ccc3OC(C)C)C2=O)c1. The number of aryl methyl sites for hydroxylation is 1. The van der Waals surface area contributed by atoms with Gasteiger partial charge >= 0.3 is 6.03 Å². The van der Waals surface area contributed by atoms with Crippen LogP contribution < -0.4 is 15.0 Å². The number of ether oxygens (including phenoxy) is 1. The van der Waals surface area contributed by atoms with Crippen LogP contribution in [0.4, 0.5) is 10.5 Å². The van der Waals surface area contributed by atoms with E-state index in [-0.39, 0.29) is 11.7 Å². The minimum Gasteiger partial charge on any atom is -0.490 e. The van der Waals surface area contributed by atoms with E-state index in [2.05, 4.69) is 21.2 Å². The number of carbonyl (C=O) groups is 3. The number of anilines is 1. The van der Waals surface area contributed by atoms with E-state index in [1.807, 2.05) is 32.9 Å². The number of carbonyl (C=O) groups excluding carboxylic acids is 3. The van der Waals surface area contributed by atoms with Crippen LogP contribution in [-0.4, -0.2) is 23.9 Å². The van der Waals surface area contributed by atoms with Gasteiger partial charge in [0.25, 0.3) is 11.8 Å². The second-order valence-corrected chi connectivity index (χ2v) is 7.56. The van der Waals surface area contributed by atoms with E-state index in [1.54, 1.807) is 30.3 Å². The Kier molecular flexibility index (Phi) is 5.65. The van der Waals surface area contributed by atoms with Crippen molar-refractivity contribution >= 4 is 45.5 Å². The number of hydrogen-bond acceptors (Lipinski definition) is 4. The molecule has 4 amide bonds. The zero-order valence-electron chi connectivity index (χ0n) is 15.7. The number of halogens is 1. The van der Waals surface area contributed by atoms with Crippen molar-refractivity contribution in [2.45, 2.75) is 26.9 Å². The molecule has 2 aromatic carbocycles. The van der Waals surface area contributed by atoms with Crippen LogP contribution in [0.15, 0.2) is 52.5 Å². The van der Waals surface area contributed by atoms with Crippen LogP contribution in [0.5, 0.6) is 5.75 Å². The minimum atomic E-state index is -0.773. The molecule has 1 fully saturated rings. The number of amides is 4. The normalized spacial score (nSPS) is 16.0. The summed E-state index contributed by atoms with van der Waals surface area (Å²) in [6.45, 7) is 5.62. The molecule has 0 atom stereocenters. The fourth-order valence-corrected chi connectivity index (χ4v) is 3.19. The molecule has 7 heteroatoms. The summed E-state index contributed by atoms with van der Waals surface area (Å²) in [6.07, 6.45) is 1.36. The maximum absolute atomic E-state index is 13.0. The Morgan fingerprint density at radius 1 is 1.11 bits per heavy atom. The van der Waals surface area contributed by atoms with Crippen molar-refractivity contribution < 1.29 is 19.1 Å². The smallest absolute Gasteiger partial charge is 0.335 e. The summed E-state index contributed by atoms with van der Waals surface area (Å²) in [5.74, 6) is -0.894. The lowest BCUT2D eigenvalue weighted by Crippen LogP contribution is -2.54. The molecule has 0 saturated carbocycles. The Balaban J connectivity index is 2.06. The van der Waals surface area contributed by atoms with Crippen LogP contribution in [0.25, 0.3) is 6.08 Å². The van der Waals surface area contributed by atoms with E-state index in [0.29, 0.717) is 17.0 Å². The first-order chi connectivity index (χ1) is 13.3. The van der Waals surface area contributed by atoms with Gasteiger partial charge in [0, 0.05) is 10.0 Å².